The van der Waals surface area contributed by atoms with Crippen molar-refractivity contribution in [3.63, 3.8) is 0 Å². The van der Waals surface area contributed by atoms with Crippen LogP contribution in [0.5, 0.6) is 0 Å². The van der Waals surface area contributed by atoms with Gasteiger partial charge >= 0.3 is 12.2 Å². The Hall–Kier alpha value is -1.72. The molecule has 0 aliphatic heterocycles. The third-order valence-corrected chi connectivity index (χ3v) is 3.05. The first-order valence-corrected chi connectivity index (χ1v) is 6.42. The Bertz CT molecular complexity index is 517. The smallest absolute Gasteiger partial charge is 0.384 e. The highest BCUT2D eigenvalue weighted by atomic mass is 32.1. The Kier molecular flexibility index (Phi) is 5.85. The number of rotatable bonds is 3. The quantitative estimate of drug-likeness (QED) is 0.837. The van der Waals surface area contributed by atoms with Gasteiger partial charge in [-0.25, -0.2) is 4.79 Å². The molecular weight excluding hydrogens is 293 g/mol. The first-order chi connectivity index (χ1) is 9.31. The van der Waals surface area contributed by atoms with Crippen molar-refractivity contribution in [3.8, 4) is 11.8 Å². The number of hydrogen-bond acceptors (Lipinski definition) is 3. The van der Waals surface area contributed by atoms with E-state index in [0.29, 0.717) is 0 Å². The van der Waals surface area contributed by atoms with Crippen molar-refractivity contribution in [2.45, 2.75) is 12.7 Å². The van der Waals surface area contributed by atoms with Crippen molar-refractivity contribution in [1.82, 2.24) is 10.2 Å². The molecule has 1 aromatic rings. The van der Waals surface area contributed by atoms with Gasteiger partial charge in [0.05, 0.1) is 4.88 Å². The van der Waals surface area contributed by atoms with Crippen LogP contribution in [-0.2, 0) is 6.54 Å². The number of nitrogens with zero attached hydrogens (tertiary/aromatic N) is 1. The summed E-state index contributed by atoms with van der Waals surface area (Å²) in [5.74, 6) is 5.20. The number of hydrogen-bond donors (Lipinski definition) is 2. The Morgan fingerprint density at radius 3 is 2.85 bits per heavy atom. The molecule has 8 heteroatoms. The van der Waals surface area contributed by atoms with Crippen molar-refractivity contribution >= 4 is 17.4 Å². The van der Waals surface area contributed by atoms with E-state index in [0.717, 1.165) is 15.3 Å². The number of nitrogens with one attached hydrogen (secondary N) is 1. The minimum atomic E-state index is -4.42. The zero-order chi connectivity index (χ0) is 15.2. The van der Waals surface area contributed by atoms with Crippen LogP contribution in [0.3, 0.4) is 0 Å². The Morgan fingerprint density at radius 1 is 1.55 bits per heavy atom. The highest BCUT2D eigenvalue weighted by Gasteiger charge is 2.28. The molecule has 1 aromatic heterocycles. The maximum absolute atomic E-state index is 12.0. The van der Waals surface area contributed by atoms with E-state index in [-0.39, 0.29) is 13.2 Å². The fourth-order valence-electron chi connectivity index (χ4n) is 1.31. The first-order valence-electron chi connectivity index (χ1n) is 5.54. The summed E-state index contributed by atoms with van der Waals surface area (Å²) in [6, 6.07) is 0.928. The molecule has 0 aromatic carbocycles. The van der Waals surface area contributed by atoms with Gasteiger partial charge in [0.25, 0.3) is 0 Å². The lowest BCUT2D eigenvalue weighted by Gasteiger charge is -2.18. The fourth-order valence-corrected chi connectivity index (χ4v) is 2.08. The molecule has 0 bridgehead atoms. The van der Waals surface area contributed by atoms with Crippen LogP contribution in [0.1, 0.15) is 10.4 Å². The zero-order valence-corrected chi connectivity index (χ0v) is 11.4. The highest BCUT2D eigenvalue weighted by Crippen LogP contribution is 2.15. The molecule has 0 fully saturated rings. The van der Waals surface area contributed by atoms with Gasteiger partial charge in [-0.15, -0.1) is 11.3 Å². The van der Waals surface area contributed by atoms with Crippen LogP contribution in [0, 0.1) is 11.8 Å². The van der Waals surface area contributed by atoms with Gasteiger partial charge in [-0.3, -0.25) is 0 Å². The predicted octanol–water partition coefficient (Wildman–Crippen LogP) is 1.80. The average molecular weight is 306 g/mol. The van der Waals surface area contributed by atoms with Gasteiger partial charge in [-0.05, 0) is 17.0 Å². The molecule has 0 saturated carbocycles. The summed E-state index contributed by atoms with van der Waals surface area (Å²) in [6.45, 7) is -1.42. The molecule has 2 N–H and O–H groups in total. The number of urea groups is 1. The van der Waals surface area contributed by atoms with Gasteiger partial charge < -0.3 is 15.3 Å². The van der Waals surface area contributed by atoms with E-state index in [4.69, 9.17) is 5.11 Å². The maximum Gasteiger partial charge on any atom is 0.405 e. The lowest BCUT2D eigenvalue weighted by atomic mass is 10.3. The molecule has 0 spiro atoms. The first kappa shape index (κ1) is 16.3. The van der Waals surface area contributed by atoms with Gasteiger partial charge in [0.1, 0.15) is 13.2 Å². The summed E-state index contributed by atoms with van der Waals surface area (Å²) in [6.07, 6.45) is -4.42. The van der Waals surface area contributed by atoms with Crippen molar-refractivity contribution in [2.24, 2.45) is 0 Å². The van der Waals surface area contributed by atoms with Gasteiger partial charge in [0, 0.05) is 13.6 Å². The normalized spacial score (nSPS) is 10.7. The molecule has 110 valence electrons. The molecule has 2 amide bonds. The lowest BCUT2D eigenvalue weighted by molar-refractivity contribution is -0.123. The number of aliphatic hydroxyl groups is 1. The van der Waals surface area contributed by atoms with Crippen LogP contribution < -0.4 is 5.32 Å². The monoisotopic (exact) mass is 306 g/mol. The molecule has 20 heavy (non-hydrogen) atoms. The molecule has 0 unspecified atom stereocenters. The maximum atomic E-state index is 12.0. The summed E-state index contributed by atoms with van der Waals surface area (Å²) in [7, 11) is 1.41. The van der Waals surface area contributed by atoms with Crippen LogP contribution in [-0.4, -0.2) is 42.4 Å². The summed E-state index contributed by atoms with van der Waals surface area (Å²) in [5, 5.41) is 12.1. The molecule has 0 aliphatic carbocycles. The third kappa shape index (κ3) is 5.95. The Labute approximate surface area is 118 Å². The number of aliphatic hydroxyl groups excluding tert-OH is 1. The van der Waals surface area contributed by atoms with E-state index in [9.17, 15) is 18.0 Å². The van der Waals surface area contributed by atoms with Crippen LogP contribution >= 0.6 is 11.3 Å². The summed E-state index contributed by atoms with van der Waals surface area (Å²) < 4.78 is 35.9. The standard InChI is InChI=1S/C12H13F3N2O2S/c1-17(11(19)16-8-12(13,14)15)6-9-5-10(20-7-9)3-2-4-18/h5,7,18H,4,6,8H2,1H3,(H,16,19). The predicted molar refractivity (Wildman–Crippen MR) is 69.2 cm³/mol. The van der Waals surface area contributed by atoms with Crippen LogP contribution in [0.2, 0.25) is 0 Å². The molecule has 0 radical (unpaired) electrons. The van der Waals surface area contributed by atoms with Gasteiger partial charge in [0.2, 0.25) is 0 Å². The van der Waals surface area contributed by atoms with E-state index in [2.05, 4.69) is 11.8 Å². The molecule has 4 nitrogen and oxygen atoms in total. The number of amides is 2. The number of carbonyl (C=O) groups excluding carboxylic acids is 1. The number of alkyl halides is 3. The molecule has 1 heterocycles. The highest BCUT2D eigenvalue weighted by molar-refractivity contribution is 7.10. The van der Waals surface area contributed by atoms with E-state index in [1.807, 2.05) is 0 Å². The second kappa shape index (κ2) is 7.17. The van der Waals surface area contributed by atoms with Crippen molar-refractivity contribution in [3.05, 3.63) is 21.9 Å². The van der Waals surface area contributed by atoms with Gasteiger partial charge in [0.15, 0.2) is 0 Å². The summed E-state index contributed by atoms with van der Waals surface area (Å²) in [5.41, 5.74) is 0.766. The average Bonchev–Trinajstić information content (AvgIpc) is 2.80. The molecule has 0 saturated heterocycles. The molecular formula is C12H13F3N2O2S. The summed E-state index contributed by atoms with van der Waals surface area (Å²) in [4.78, 5) is 13.3. The Balaban J connectivity index is 2.51. The van der Waals surface area contributed by atoms with Crippen molar-refractivity contribution in [2.75, 3.05) is 20.2 Å². The van der Waals surface area contributed by atoms with Crippen LogP contribution in [0.4, 0.5) is 18.0 Å². The second-order valence-corrected chi connectivity index (χ2v) is 4.82. The van der Waals surface area contributed by atoms with Crippen LogP contribution in [0.15, 0.2) is 11.4 Å². The molecule has 1 rings (SSSR count). The van der Waals surface area contributed by atoms with E-state index < -0.39 is 18.8 Å². The third-order valence-electron chi connectivity index (χ3n) is 2.15. The number of thiophene rings is 1. The largest absolute Gasteiger partial charge is 0.405 e. The number of halogens is 3. The van der Waals surface area contributed by atoms with Crippen molar-refractivity contribution in [1.29, 1.82) is 0 Å². The fraction of sp³-hybridized carbons (Fsp3) is 0.417. The van der Waals surface area contributed by atoms with Gasteiger partial charge in [-0.2, -0.15) is 13.2 Å². The Morgan fingerprint density at radius 2 is 2.25 bits per heavy atom. The zero-order valence-electron chi connectivity index (χ0n) is 10.6. The lowest BCUT2D eigenvalue weighted by Crippen LogP contribution is -2.41. The van der Waals surface area contributed by atoms with E-state index >= 15 is 0 Å². The molecule has 0 aliphatic rings. The topological polar surface area (TPSA) is 52.6 Å². The number of carbonyl (C=O) groups is 1. The minimum Gasteiger partial charge on any atom is -0.384 e. The van der Waals surface area contributed by atoms with E-state index in [1.54, 1.807) is 16.8 Å². The molecule has 0 atom stereocenters. The minimum absolute atomic E-state index is 0.182. The SMILES string of the molecule is CN(Cc1csc(C#CCO)c1)C(=O)NCC(F)(F)F. The van der Waals surface area contributed by atoms with E-state index in [1.165, 1.54) is 18.4 Å². The van der Waals surface area contributed by atoms with Crippen LogP contribution in [0.25, 0.3) is 0 Å². The summed E-state index contributed by atoms with van der Waals surface area (Å²) >= 11 is 1.34. The van der Waals surface area contributed by atoms with Crippen molar-refractivity contribution < 1.29 is 23.1 Å². The second-order valence-electron chi connectivity index (χ2n) is 3.91. The van der Waals surface area contributed by atoms with Gasteiger partial charge in [-0.1, -0.05) is 11.8 Å².